The second kappa shape index (κ2) is 7.05. The van der Waals surface area contributed by atoms with Gasteiger partial charge in [0, 0.05) is 13.1 Å². The number of benzene rings is 1. The number of nitrogens with two attached hydrogens (primary N) is 1. The molecule has 0 radical (unpaired) electrons. The fraction of sp³-hybridized carbons (Fsp3) is 0.588. The standard InChI is InChI=1S/C17H26N2O2/c1-13-5-7-17(12-18,8-6-13)16(21)19-10-14-3-2-4-15(9-14)11-20/h2-4,9,13,20H,5-8,10-12,18H2,1H3,(H,19,21). The van der Waals surface area contributed by atoms with Gasteiger partial charge in [-0.2, -0.15) is 0 Å². The number of amides is 1. The van der Waals surface area contributed by atoms with E-state index in [-0.39, 0.29) is 17.9 Å². The third-order valence-electron chi connectivity index (χ3n) is 4.73. The Balaban J connectivity index is 1.96. The number of aliphatic hydroxyl groups excluding tert-OH is 1. The second-order valence-electron chi connectivity index (χ2n) is 6.33. The van der Waals surface area contributed by atoms with Crippen LogP contribution >= 0.6 is 0 Å². The summed E-state index contributed by atoms with van der Waals surface area (Å²) in [6.45, 7) is 3.16. The number of hydrogen-bond donors (Lipinski definition) is 3. The lowest BCUT2D eigenvalue weighted by Gasteiger charge is -2.37. The molecule has 1 aliphatic rings. The molecule has 1 amide bonds. The molecule has 0 heterocycles. The number of nitrogens with one attached hydrogen (secondary N) is 1. The van der Waals surface area contributed by atoms with Gasteiger partial charge in [-0.15, -0.1) is 0 Å². The van der Waals surface area contributed by atoms with Crippen molar-refractivity contribution in [1.29, 1.82) is 0 Å². The SMILES string of the molecule is CC1CCC(CN)(C(=O)NCc2cccc(CO)c2)CC1. The molecule has 4 heteroatoms. The summed E-state index contributed by atoms with van der Waals surface area (Å²) in [5.41, 5.74) is 7.39. The van der Waals surface area contributed by atoms with Crippen LogP contribution in [0.3, 0.4) is 0 Å². The lowest BCUT2D eigenvalue weighted by Crippen LogP contribution is -2.47. The fourth-order valence-electron chi connectivity index (χ4n) is 3.05. The van der Waals surface area contributed by atoms with Crippen LogP contribution in [0.2, 0.25) is 0 Å². The molecule has 116 valence electrons. The molecule has 1 aliphatic carbocycles. The number of hydrogen-bond acceptors (Lipinski definition) is 3. The van der Waals surface area contributed by atoms with Crippen LogP contribution in [0.15, 0.2) is 24.3 Å². The molecule has 0 atom stereocenters. The highest BCUT2D eigenvalue weighted by Gasteiger charge is 2.39. The van der Waals surface area contributed by atoms with E-state index in [1.807, 2.05) is 24.3 Å². The molecule has 4 nitrogen and oxygen atoms in total. The highest BCUT2D eigenvalue weighted by molar-refractivity contribution is 5.83. The molecule has 4 N–H and O–H groups in total. The Morgan fingerprint density at radius 1 is 1.38 bits per heavy atom. The van der Waals surface area contributed by atoms with Crippen molar-refractivity contribution in [2.75, 3.05) is 6.54 Å². The van der Waals surface area contributed by atoms with E-state index < -0.39 is 0 Å². The van der Waals surface area contributed by atoms with E-state index in [4.69, 9.17) is 10.8 Å². The van der Waals surface area contributed by atoms with E-state index in [2.05, 4.69) is 12.2 Å². The molecule has 0 aromatic heterocycles. The molecule has 0 spiro atoms. The minimum Gasteiger partial charge on any atom is -0.392 e. The fourth-order valence-corrected chi connectivity index (χ4v) is 3.05. The summed E-state index contributed by atoms with van der Waals surface area (Å²) >= 11 is 0. The topological polar surface area (TPSA) is 75.4 Å². The van der Waals surface area contributed by atoms with E-state index in [1.54, 1.807) is 0 Å². The van der Waals surface area contributed by atoms with Crippen LogP contribution in [0.4, 0.5) is 0 Å². The summed E-state index contributed by atoms with van der Waals surface area (Å²) in [6, 6.07) is 7.64. The average molecular weight is 290 g/mol. The summed E-state index contributed by atoms with van der Waals surface area (Å²) in [7, 11) is 0. The average Bonchev–Trinajstić information content (AvgIpc) is 2.54. The van der Waals surface area contributed by atoms with Gasteiger partial charge in [-0.1, -0.05) is 31.2 Å². The van der Waals surface area contributed by atoms with Crippen molar-refractivity contribution in [2.45, 2.75) is 45.8 Å². The lowest BCUT2D eigenvalue weighted by molar-refractivity contribution is -0.133. The van der Waals surface area contributed by atoms with E-state index in [1.165, 1.54) is 0 Å². The van der Waals surface area contributed by atoms with Gasteiger partial charge in [0.2, 0.25) is 5.91 Å². The molecule has 1 aromatic rings. The Labute approximate surface area is 126 Å². The normalized spacial score (nSPS) is 25.6. The zero-order chi connectivity index (χ0) is 15.3. The summed E-state index contributed by atoms with van der Waals surface area (Å²) in [4.78, 5) is 12.5. The third kappa shape index (κ3) is 3.83. The first-order valence-electron chi connectivity index (χ1n) is 7.77. The second-order valence-corrected chi connectivity index (χ2v) is 6.33. The predicted molar refractivity (Wildman–Crippen MR) is 83.3 cm³/mol. The Hall–Kier alpha value is -1.39. The molecule has 0 unspecified atom stereocenters. The highest BCUT2D eigenvalue weighted by Crippen LogP contribution is 2.38. The summed E-state index contributed by atoms with van der Waals surface area (Å²) in [5.74, 6) is 0.769. The van der Waals surface area contributed by atoms with Crippen LogP contribution in [0.25, 0.3) is 0 Å². The highest BCUT2D eigenvalue weighted by atomic mass is 16.3. The van der Waals surface area contributed by atoms with Gasteiger partial charge in [0.1, 0.15) is 0 Å². The van der Waals surface area contributed by atoms with Crippen molar-refractivity contribution in [1.82, 2.24) is 5.32 Å². The first-order valence-corrected chi connectivity index (χ1v) is 7.77. The van der Waals surface area contributed by atoms with Crippen LogP contribution < -0.4 is 11.1 Å². The van der Waals surface area contributed by atoms with Crippen molar-refractivity contribution in [3.63, 3.8) is 0 Å². The smallest absolute Gasteiger partial charge is 0.227 e. The quantitative estimate of drug-likeness (QED) is 0.776. The predicted octanol–water partition coefficient (Wildman–Crippen LogP) is 1.95. The van der Waals surface area contributed by atoms with Gasteiger partial charge in [-0.3, -0.25) is 4.79 Å². The van der Waals surface area contributed by atoms with Crippen molar-refractivity contribution < 1.29 is 9.90 Å². The summed E-state index contributed by atoms with van der Waals surface area (Å²) in [6.07, 6.45) is 3.91. The molecular formula is C17H26N2O2. The number of carbonyl (C=O) groups is 1. The molecule has 1 aromatic carbocycles. The minimum atomic E-state index is -0.388. The molecule has 1 saturated carbocycles. The van der Waals surface area contributed by atoms with Crippen LogP contribution in [0.5, 0.6) is 0 Å². The first-order chi connectivity index (χ1) is 10.1. The van der Waals surface area contributed by atoms with Crippen molar-refractivity contribution in [3.8, 4) is 0 Å². The van der Waals surface area contributed by atoms with Gasteiger partial charge in [0.15, 0.2) is 0 Å². The maximum Gasteiger partial charge on any atom is 0.227 e. The van der Waals surface area contributed by atoms with Gasteiger partial charge >= 0.3 is 0 Å². The Kier molecular flexibility index (Phi) is 5.37. The van der Waals surface area contributed by atoms with E-state index >= 15 is 0 Å². The summed E-state index contributed by atoms with van der Waals surface area (Å²) < 4.78 is 0. The molecule has 2 rings (SSSR count). The number of rotatable bonds is 5. The Bertz CT molecular complexity index is 479. The molecule has 1 fully saturated rings. The largest absolute Gasteiger partial charge is 0.392 e. The molecule has 21 heavy (non-hydrogen) atoms. The van der Waals surface area contributed by atoms with Crippen molar-refractivity contribution >= 4 is 5.91 Å². The molecular weight excluding hydrogens is 264 g/mol. The van der Waals surface area contributed by atoms with Gasteiger partial charge < -0.3 is 16.2 Å². The molecule has 0 saturated heterocycles. The van der Waals surface area contributed by atoms with E-state index in [0.29, 0.717) is 19.0 Å². The monoisotopic (exact) mass is 290 g/mol. The van der Waals surface area contributed by atoms with Crippen LogP contribution in [0, 0.1) is 11.3 Å². The van der Waals surface area contributed by atoms with Crippen molar-refractivity contribution in [3.05, 3.63) is 35.4 Å². The Morgan fingerprint density at radius 3 is 2.67 bits per heavy atom. The van der Waals surface area contributed by atoms with Crippen molar-refractivity contribution in [2.24, 2.45) is 17.1 Å². The van der Waals surface area contributed by atoms with Crippen LogP contribution in [0.1, 0.15) is 43.7 Å². The maximum atomic E-state index is 12.5. The zero-order valence-corrected chi connectivity index (χ0v) is 12.8. The molecule has 0 aliphatic heterocycles. The zero-order valence-electron chi connectivity index (χ0n) is 12.8. The van der Waals surface area contributed by atoms with Gasteiger partial charge in [0.25, 0.3) is 0 Å². The van der Waals surface area contributed by atoms with Gasteiger partial charge in [-0.05, 0) is 42.7 Å². The third-order valence-corrected chi connectivity index (χ3v) is 4.73. The first kappa shape index (κ1) is 16.0. The van der Waals surface area contributed by atoms with E-state index in [0.717, 1.165) is 36.8 Å². The van der Waals surface area contributed by atoms with Gasteiger partial charge in [-0.25, -0.2) is 0 Å². The maximum absolute atomic E-state index is 12.5. The number of aliphatic hydroxyl groups is 1. The number of carbonyl (C=O) groups excluding carboxylic acids is 1. The molecule has 0 bridgehead atoms. The van der Waals surface area contributed by atoms with Crippen LogP contribution in [-0.4, -0.2) is 17.6 Å². The van der Waals surface area contributed by atoms with Gasteiger partial charge in [0.05, 0.1) is 12.0 Å². The Morgan fingerprint density at radius 2 is 2.05 bits per heavy atom. The van der Waals surface area contributed by atoms with E-state index in [9.17, 15) is 4.79 Å². The summed E-state index contributed by atoms with van der Waals surface area (Å²) in [5, 5.41) is 12.2. The minimum absolute atomic E-state index is 0.0203. The van der Waals surface area contributed by atoms with Crippen LogP contribution in [-0.2, 0) is 17.9 Å². The lowest BCUT2D eigenvalue weighted by atomic mass is 9.70.